The molecule has 17 heavy (non-hydrogen) atoms. The number of anilines is 1. The van der Waals surface area contributed by atoms with E-state index in [9.17, 15) is 4.79 Å². The summed E-state index contributed by atoms with van der Waals surface area (Å²) in [4.78, 5) is 10.7. The highest BCUT2D eigenvalue weighted by atomic mass is 35.5. The molecule has 2 rings (SSSR count). The molecule has 1 aromatic carbocycles. The Bertz CT molecular complexity index is 490. The van der Waals surface area contributed by atoms with Gasteiger partial charge in [-0.3, -0.25) is 4.79 Å². The van der Waals surface area contributed by atoms with Crippen LogP contribution in [-0.2, 0) is 4.79 Å². The van der Waals surface area contributed by atoms with E-state index < -0.39 is 17.4 Å². The van der Waals surface area contributed by atoms with Gasteiger partial charge in [0.05, 0.1) is 22.7 Å². The molecule has 1 saturated carbocycles. The Balaban J connectivity index is 2.11. The molecule has 1 aliphatic carbocycles. The van der Waals surface area contributed by atoms with Crippen LogP contribution in [-0.4, -0.2) is 16.6 Å². The molecule has 0 unspecified atom stereocenters. The summed E-state index contributed by atoms with van der Waals surface area (Å²) in [5.74, 6) is -1.29. The highest BCUT2D eigenvalue weighted by Gasteiger charge is 2.48. The minimum absolute atomic E-state index is 0.310. The van der Waals surface area contributed by atoms with Crippen LogP contribution < -0.4 is 5.32 Å². The van der Waals surface area contributed by atoms with E-state index in [-0.39, 0.29) is 0 Å². The van der Waals surface area contributed by atoms with Gasteiger partial charge >= 0.3 is 5.97 Å². The van der Waals surface area contributed by atoms with E-state index in [4.69, 9.17) is 22.0 Å². The van der Waals surface area contributed by atoms with Gasteiger partial charge < -0.3 is 10.4 Å². The fourth-order valence-electron chi connectivity index (χ4n) is 2.00. The Morgan fingerprint density at radius 3 is 2.71 bits per heavy atom. The number of nitrogens with zero attached hydrogens (tertiary/aromatic N) is 1. The maximum atomic E-state index is 10.7. The lowest BCUT2D eigenvalue weighted by atomic mass is 9.69. The normalized spacial score (nSPS) is 26.7. The molecule has 0 amide bonds. The molecule has 0 aromatic heterocycles. The molecular formula is C12H11ClN2O2. The number of rotatable bonds is 3. The van der Waals surface area contributed by atoms with Crippen molar-refractivity contribution in [3.8, 4) is 6.07 Å². The fourth-order valence-corrected chi connectivity index (χ4v) is 2.18. The van der Waals surface area contributed by atoms with E-state index in [0.29, 0.717) is 23.6 Å². The van der Waals surface area contributed by atoms with Gasteiger partial charge in [0, 0.05) is 0 Å². The van der Waals surface area contributed by atoms with Gasteiger partial charge in [0.2, 0.25) is 0 Å². The van der Waals surface area contributed by atoms with E-state index in [1.54, 1.807) is 18.2 Å². The number of nitriles is 1. The number of para-hydroxylation sites is 1. The Hall–Kier alpha value is -1.73. The minimum atomic E-state index is -0.850. The number of carboxylic acid groups (broad SMARTS) is 1. The van der Waals surface area contributed by atoms with E-state index >= 15 is 0 Å². The molecule has 88 valence electrons. The van der Waals surface area contributed by atoms with E-state index in [0.717, 1.165) is 0 Å². The first kappa shape index (κ1) is 11.7. The number of halogens is 1. The standard InChI is InChI=1S/C12H11ClN2O2/c13-9-3-1-2-4-10(9)15-12(7-14)5-8(6-12)11(16)17/h1-4,8,15H,5-6H2,(H,16,17). The zero-order valence-corrected chi connectivity index (χ0v) is 9.74. The molecule has 0 bridgehead atoms. The van der Waals surface area contributed by atoms with Crippen molar-refractivity contribution >= 4 is 23.3 Å². The van der Waals surface area contributed by atoms with Crippen molar-refractivity contribution in [2.45, 2.75) is 18.4 Å². The fraction of sp³-hybridized carbons (Fsp3) is 0.333. The summed E-state index contributed by atoms with van der Waals surface area (Å²) in [6.07, 6.45) is 0.619. The number of carbonyl (C=O) groups is 1. The molecule has 0 radical (unpaired) electrons. The predicted octanol–water partition coefficient (Wildman–Crippen LogP) is 2.51. The van der Waals surface area contributed by atoms with Crippen molar-refractivity contribution in [3.05, 3.63) is 29.3 Å². The zero-order valence-electron chi connectivity index (χ0n) is 8.98. The number of carboxylic acids is 1. The maximum Gasteiger partial charge on any atom is 0.306 e. The summed E-state index contributed by atoms with van der Waals surface area (Å²) in [5.41, 5.74) is -0.131. The molecule has 4 nitrogen and oxygen atoms in total. The molecule has 1 aliphatic rings. The van der Waals surface area contributed by atoms with Crippen LogP contribution in [0, 0.1) is 17.2 Å². The van der Waals surface area contributed by atoms with Crippen LogP contribution in [0.15, 0.2) is 24.3 Å². The van der Waals surface area contributed by atoms with Gasteiger partial charge in [-0.05, 0) is 25.0 Å². The lowest BCUT2D eigenvalue weighted by molar-refractivity contribution is -0.145. The van der Waals surface area contributed by atoms with Crippen LogP contribution >= 0.6 is 11.6 Å². The molecule has 2 N–H and O–H groups in total. The molecule has 5 heteroatoms. The highest BCUT2D eigenvalue weighted by Crippen LogP contribution is 2.41. The van der Waals surface area contributed by atoms with Crippen molar-refractivity contribution in [1.82, 2.24) is 0 Å². The molecule has 1 fully saturated rings. The summed E-state index contributed by atoms with van der Waals surface area (Å²) in [7, 11) is 0. The van der Waals surface area contributed by atoms with Gasteiger partial charge in [-0.15, -0.1) is 0 Å². The number of benzene rings is 1. The van der Waals surface area contributed by atoms with Crippen LogP contribution in [0.2, 0.25) is 5.02 Å². The highest BCUT2D eigenvalue weighted by molar-refractivity contribution is 6.33. The molecule has 0 spiro atoms. The van der Waals surface area contributed by atoms with Crippen molar-refractivity contribution in [2.75, 3.05) is 5.32 Å². The van der Waals surface area contributed by atoms with Crippen molar-refractivity contribution < 1.29 is 9.90 Å². The molecule has 1 aromatic rings. The lowest BCUT2D eigenvalue weighted by Crippen LogP contribution is -2.51. The third kappa shape index (κ3) is 2.20. The predicted molar refractivity (Wildman–Crippen MR) is 63.8 cm³/mol. The summed E-state index contributed by atoms with van der Waals surface area (Å²) < 4.78 is 0. The maximum absolute atomic E-state index is 10.7. The van der Waals surface area contributed by atoms with Crippen LogP contribution in [0.25, 0.3) is 0 Å². The second kappa shape index (κ2) is 4.27. The average molecular weight is 251 g/mol. The summed E-state index contributed by atoms with van der Waals surface area (Å²) in [6, 6.07) is 9.25. The topological polar surface area (TPSA) is 73.1 Å². The van der Waals surface area contributed by atoms with Crippen molar-refractivity contribution in [3.63, 3.8) is 0 Å². The summed E-state index contributed by atoms with van der Waals surface area (Å²) in [5, 5.41) is 21.5. The van der Waals surface area contributed by atoms with Gasteiger partial charge in [-0.2, -0.15) is 5.26 Å². The second-order valence-electron chi connectivity index (χ2n) is 4.24. The summed E-state index contributed by atoms with van der Waals surface area (Å²) in [6.45, 7) is 0. The van der Waals surface area contributed by atoms with Crippen molar-refractivity contribution in [2.24, 2.45) is 5.92 Å². The number of nitrogens with one attached hydrogen (secondary N) is 1. The van der Waals surface area contributed by atoms with E-state index in [2.05, 4.69) is 11.4 Å². The average Bonchev–Trinajstić information content (AvgIpc) is 2.25. The molecule has 0 saturated heterocycles. The molecule has 0 heterocycles. The number of hydrogen-bond donors (Lipinski definition) is 2. The Kier molecular flexibility index (Phi) is 2.95. The lowest BCUT2D eigenvalue weighted by Gasteiger charge is -2.41. The van der Waals surface area contributed by atoms with Crippen LogP contribution in [0.3, 0.4) is 0 Å². The Morgan fingerprint density at radius 1 is 1.53 bits per heavy atom. The van der Waals surface area contributed by atoms with Gasteiger partial charge in [0.1, 0.15) is 5.54 Å². The first-order chi connectivity index (χ1) is 8.06. The largest absolute Gasteiger partial charge is 0.481 e. The van der Waals surface area contributed by atoms with Crippen molar-refractivity contribution in [1.29, 1.82) is 5.26 Å². The third-order valence-electron chi connectivity index (χ3n) is 3.00. The van der Waals surface area contributed by atoms with Gasteiger partial charge in [0.15, 0.2) is 0 Å². The number of aliphatic carboxylic acids is 1. The SMILES string of the molecule is N#CC1(Nc2ccccc2Cl)CC(C(=O)O)C1. The van der Waals surface area contributed by atoms with Crippen LogP contribution in [0.1, 0.15) is 12.8 Å². The van der Waals surface area contributed by atoms with Gasteiger partial charge in [-0.1, -0.05) is 23.7 Å². The van der Waals surface area contributed by atoms with Gasteiger partial charge in [0.25, 0.3) is 0 Å². The van der Waals surface area contributed by atoms with Crippen LogP contribution in [0.5, 0.6) is 0 Å². The molecule has 0 atom stereocenters. The summed E-state index contributed by atoms with van der Waals surface area (Å²) >= 11 is 5.98. The quantitative estimate of drug-likeness (QED) is 0.865. The Morgan fingerprint density at radius 2 is 2.18 bits per heavy atom. The second-order valence-corrected chi connectivity index (χ2v) is 4.65. The first-order valence-corrected chi connectivity index (χ1v) is 5.61. The smallest absolute Gasteiger partial charge is 0.306 e. The zero-order chi connectivity index (χ0) is 12.5. The third-order valence-corrected chi connectivity index (χ3v) is 3.33. The van der Waals surface area contributed by atoms with Gasteiger partial charge in [-0.25, -0.2) is 0 Å². The molecule has 0 aliphatic heterocycles. The van der Waals surface area contributed by atoms with Crippen LogP contribution in [0.4, 0.5) is 5.69 Å². The molecular weight excluding hydrogens is 240 g/mol. The van der Waals surface area contributed by atoms with E-state index in [1.165, 1.54) is 0 Å². The first-order valence-electron chi connectivity index (χ1n) is 5.23. The Labute approximate surface area is 104 Å². The monoisotopic (exact) mass is 250 g/mol. The minimum Gasteiger partial charge on any atom is -0.481 e. The van der Waals surface area contributed by atoms with E-state index in [1.807, 2.05) is 6.07 Å². The number of hydrogen-bond acceptors (Lipinski definition) is 3.